The Balaban J connectivity index is 1.74. The van der Waals surface area contributed by atoms with Crippen molar-refractivity contribution in [1.29, 1.82) is 0 Å². The molecule has 0 radical (unpaired) electrons. The van der Waals surface area contributed by atoms with Crippen molar-refractivity contribution in [1.82, 2.24) is 14.7 Å². The van der Waals surface area contributed by atoms with Crippen molar-refractivity contribution < 1.29 is 9.90 Å². The molecule has 5 heteroatoms. The van der Waals surface area contributed by atoms with E-state index in [0.717, 1.165) is 54.9 Å². The Bertz CT molecular complexity index is 702. The van der Waals surface area contributed by atoms with Crippen LogP contribution in [-0.2, 0) is 0 Å². The van der Waals surface area contributed by atoms with E-state index < -0.39 is 0 Å². The summed E-state index contributed by atoms with van der Waals surface area (Å²) in [5, 5.41) is 13.4. The number of carbonyl (C=O) groups is 1. The molecule has 128 valence electrons. The molecule has 0 atom stereocenters. The lowest BCUT2D eigenvalue weighted by Crippen LogP contribution is -2.34. The highest BCUT2D eigenvalue weighted by Crippen LogP contribution is 2.28. The molecule has 0 unspecified atom stereocenters. The van der Waals surface area contributed by atoms with Crippen LogP contribution in [0.15, 0.2) is 30.3 Å². The van der Waals surface area contributed by atoms with Gasteiger partial charge in [0.05, 0.1) is 11.4 Å². The van der Waals surface area contributed by atoms with Crippen molar-refractivity contribution in [2.75, 3.05) is 13.2 Å². The molecule has 1 fully saturated rings. The first-order valence-corrected chi connectivity index (χ1v) is 8.65. The van der Waals surface area contributed by atoms with Crippen molar-refractivity contribution in [2.24, 2.45) is 0 Å². The fourth-order valence-corrected chi connectivity index (χ4v) is 3.03. The van der Waals surface area contributed by atoms with Crippen LogP contribution in [-0.4, -0.2) is 44.9 Å². The maximum atomic E-state index is 12.8. The van der Waals surface area contributed by atoms with Crippen molar-refractivity contribution in [3.05, 3.63) is 47.3 Å². The van der Waals surface area contributed by atoms with Crippen LogP contribution in [0, 0.1) is 13.8 Å². The molecule has 1 aromatic carbocycles. The Hall–Kier alpha value is -2.14. The van der Waals surface area contributed by atoms with Crippen molar-refractivity contribution in [2.45, 2.75) is 45.6 Å². The third-order valence-electron chi connectivity index (χ3n) is 4.42. The van der Waals surface area contributed by atoms with Crippen molar-refractivity contribution in [3.8, 4) is 5.69 Å². The first-order chi connectivity index (χ1) is 11.6. The van der Waals surface area contributed by atoms with Crippen LogP contribution in [0.1, 0.15) is 47.4 Å². The van der Waals surface area contributed by atoms with E-state index in [1.165, 1.54) is 0 Å². The van der Waals surface area contributed by atoms with Crippen molar-refractivity contribution in [3.63, 3.8) is 0 Å². The second-order valence-electron chi connectivity index (χ2n) is 6.55. The van der Waals surface area contributed by atoms with E-state index in [1.807, 2.05) is 53.8 Å². The molecule has 1 amide bonds. The predicted octanol–water partition coefficient (Wildman–Crippen LogP) is 2.87. The summed E-state index contributed by atoms with van der Waals surface area (Å²) in [6.45, 7) is 4.91. The fraction of sp³-hybridized carbons (Fsp3) is 0.474. The number of benzene rings is 1. The summed E-state index contributed by atoms with van der Waals surface area (Å²) < 4.78 is 1.89. The molecule has 1 aliphatic carbocycles. The van der Waals surface area contributed by atoms with Gasteiger partial charge < -0.3 is 10.0 Å². The summed E-state index contributed by atoms with van der Waals surface area (Å²) in [6.07, 6.45) is 3.78. The van der Waals surface area contributed by atoms with E-state index in [2.05, 4.69) is 5.10 Å². The molecule has 24 heavy (non-hydrogen) atoms. The number of aliphatic hydroxyl groups is 1. The van der Waals surface area contributed by atoms with E-state index in [9.17, 15) is 4.79 Å². The zero-order chi connectivity index (χ0) is 17.1. The SMILES string of the molecule is Cc1cc(C)n(-c2ccc(C(=O)N(CCCCO)C3CC3)cc2)n1. The number of amides is 1. The number of nitrogens with zero attached hydrogens (tertiary/aromatic N) is 3. The normalized spacial score (nSPS) is 14.0. The summed E-state index contributed by atoms with van der Waals surface area (Å²) >= 11 is 0. The number of aryl methyl sites for hydroxylation is 2. The lowest BCUT2D eigenvalue weighted by atomic mass is 10.1. The Morgan fingerprint density at radius 2 is 1.96 bits per heavy atom. The van der Waals surface area contributed by atoms with Gasteiger partial charge in [-0.2, -0.15) is 5.10 Å². The summed E-state index contributed by atoms with van der Waals surface area (Å²) in [4.78, 5) is 14.7. The molecule has 2 aromatic rings. The van der Waals surface area contributed by atoms with E-state index >= 15 is 0 Å². The highest BCUT2D eigenvalue weighted by Gasteiger charge is 2.32. The van der Waals surface area contributed by atoms with Gasteiger partial charge in [-0.05, 0) is 69.9 Å². The van der Waals surface area contributed by atoms with Gasteiger partial charge in [0, 0.05) is 30.5 Å². The minimum Gasteiger partial charge on any atom is -0.396 e. The smallest absolute Gasteiger partial charge is 0.254 e. The molecule has 0 saturated heterocycles. The first-order valence-electron chi connectivity index (χ1n) is 8.65. The molecule has 0 bridgehead atoms. The van der Waals surface area contributed by atoms with Gasteiger partial charge in [0.15, 0.2) is 0 Å². The number of unbranched alkanes of at least 4 members (excludes halogenated alkanes) is 1. The van der Waals surface area contributed by atoms with Gasteiger partial charge in [-0.3, -0.25) is 4.79 Å². The molecular weight excluding hydrogens is 302 g/mol. The van der Waals surface area contributed by atoms with Crippen LogP contribution in [0.4, 0.5) is 0 Å². The minimum absolute atomic E-state index is 0.0929. The number of rotatable bonds is 7. The average molecular weight is 327 g/mol. The van der Waals surface area contributed by atoms with Gasteiger partial charge in [-0.15, -0.1) is 0 Å². The highest BCUT2D eigenvalue weighted by atomic mass is 16.3. The van der Waals surface area contributed by atoms with E-state index in [-0.39, 0.29) is 12.5 Å². The van der Waals surface area contributed by atoms with E-state index in [1.54, 1.807) is 0 Å². The van der Waals surface area contributed by atoms with Crippen molar-refractivity contribution >= 4 is 5.91 Å². The zero-order valence-electron chi connectivity index (χ0n) is 14.4. The molecule has 5 nitrogen and oxygen atoms in total. The zero-order valence-corrected chi connectivity index (χ0v) is 14.4. The Morgan fingerprint density at radius 3 is 2.50 bits per heavy atom. The molecule has 0 aliphatic heterocycles. The number of carbonyl (C=O) groups excluding carboxylic acids is 1. The lowest BCUT2D eigenvalue weighted by Gasteiger charge is -2.22. The second-order valence-corrected chi connectivity index (χ2v) is 6.55. The summed E-state index contributed by atoms with van der Waals surface area (Å²) in [5.41, 5.74) is 3.75. The number of aliphatic hydroxyl groups excluding tert-OH is 1. The Morgan fingerprint density at radius 1 is 1.25 bits per heavy atom. The second kappa shape index (κ2) is 7.18. The average Bonchev–Trinajstić information content (AvgIpc) is 3.35. The van der Waals surface area contributed by atoms with Crippen LogP contribution in [0.25, 0.3) is 5.69 Å². The van der Waals surface area contributed by atoms with Crippen LogP contribution in [0.5, 0.6) is 0 Å². The molecular formula is C19H25N3O2. The largest absolute Gasteiger partial charge is 0.396 e. The number of aromatic nitrogens is 2. The number of hydrogen-bond acceptors (Lipinski definition) is 3. The predicted molar refractivity (Wildman–Crippen MR) is 93.4 cm³/mol. The molecule has 0 spiro atoms. The monoisotopic (exact) mass is 327 g/mol. The Labute approximate surface area is 142 Å². The fourth-order valence-electron chi connectivity index (χ4n) is 3.03. The van der Waals surface area contributed by atoms with Gasteiger partial charge >= 0.3 is 0 Å². The molecule has 1 heterocycles. The first kappa shape index (κ1) is 16.7. The van der Waals surface area contributed by atoms with Crippen LogP contribution in [0.2, 0.25) is 0 Å². The van der Waals surface area contributed by atoms with E-state index in [0.29, 0.717) is 6.04 Å². The molecule has 1 N–H and O–H groups in total. The van der Waals surface area contributed by atoms with Crippen LogP contribution in [0.3, 0.4) is 0 Å². The maximum absolute atomic E-state index is 12.8. The van der Waals surface area contributed by atoms with Crippen LogP contribution >= 0.6 is 0 Å². The molecule has 1 saturated carbocycles. The quantitative estimate of drug-likeness (QED) is 0.796. The minimum atomic E-state index is 0.0929. The van der Waals surface area contributed by atoms with Gasteiger partial charge in [0.2, 0.25) is 0 Å². The third kappa shape index (κ3) is 3.67. The maximum Gasteiger partial charge on any atom is 0.254 e. The molecule has 1 aromatic heterocycles. The molecule has 3 rings (SSSR count). The number of hydrogen-bond donors (Lipinski definition) is 1. The van der Waals surface area contributed by atoms with Gasteiger partial charge in [-0.1, -0.05) is 0 Å². The highest BCUT2D eigenvalue weighted by molar-refractivity contribution is 5.94. The van der Waals surface area contributed by atoms with E-state index in [4.69, 9.17) is 5.11 Å². The third-order valence-corrected chi connectivity index (χ3v) is 4.42. The summed E-state index contributed by atoms with van der Waals surface area (Å²) in [7, 11) is 0. The standard InChI is InChI=1S/C19H25N3O2/c1-14-13-15(2)22(20-14)18-7-5-16(6-8-18)19(24)21(17-9-10-17)11-3-4-12-23/h5-8,13,17,23H,3-4,9-12H2,1-2H3. The van der Waals surface area contributed by atoms with Gasteiger partial charge in [-0.25, -0.2) is 4.68 Å². The molecule has 1 aliphatic rings. The van der Waals surface area contributed by atoms with Gasteiger partial charge in [0.25, 0.3) is 5.91 Å². The Kier molecular flexibility index (Phi) is 5.00. The summed E-state index contributed by atoms with van der Waals surface area (Å²) in [5.74, 6) is 0.0929. The van der Waals surface area contributed by atoms with Crippen LogP contribution < -0.4 is 0 Å². The van der Waals surface area contributed by atoms with Gasteiger partial charge in [0.1, 0.15) is 0 Å². The lowest BCUT2D eigenvalue weighted by molar-refractivity contribution is 0.0737. The topological polar surface area (TPSA) is 58.4 Å². The summed E-state index contributed by atoms with van der Waals surface area (Å²) in [6, 6.07) is 10.1.